The summed E-state index contributed by atoms with van der Waals surface area (Å²) in [5.74, 6) is -0.403. The Hall–Kier alpha value is -3.61. The third kappa shape index (κ3) is 3.39. The molecule has 0 unspecified atom stereocenters. The Balaban J connectivity index is 1.56. The van der Waals surface area contributed by atoms with Gasteiger partial charge in [0, 0.05) is 17.0 Å². The summed E-state index contributed by atoms with van der Waals surface area (Å²) in [6.07, 6.45) is 0. The third-order valence-corrected chi connectivity index (χ3v) is 4.19. The lowest BCUT2D eigenvalue weighted by atomic mass is 10.1. The topological polar surface area (TPSA) is 94.8 Å². The van der Waals surface area contributed by atoms with Gasteiger partial charge in [0.1, 0.15) is 17.9 Å². The Labute approximate surface area is 153 Å². The molecule has 0 saturated carbocycles. The first-order valence-electron chi connectivity index (χ1n) is 8.27. The third-order valence-electron chi connectivity index (χ3n) is 4.19. The second-order valence-corrected chi connectivity index (χ2v) is 6.21. The van der Waals surface area contributed by atoms with Crippen LogP contribution in [0.4, 0.5) is 5.69 Å². The summed E-state index contributed by atoms with van der Waals surface area (Å²) in [5.41, 5.74) is 2.26. The van der Waals surface area contributed by atoms with Crippen LogP contribution in [0.15, 0.2) is 51.7 Å². The number of hydrogen-bond donors (Lipinski definition) is 1. The van der Waals surface area contributed by atoms with E-state index < -0.39 is 11.6 Å². The van der Waals surface area contributed by atoms with Crippen LogP contribution < -0.4 is 15.7 Å². The van der Waals surface area contributed by atoms with Crippen molar-refractivity contribution >= 4 is 28.5 Å². The Bertz CT molecular complexity index is 1130. The molecule has 1 N–H and O–H groups in total. The second-order valence-electron chi connectivity index (χ2n) is 6.21. The van der Waals surface area contributed by atoms with Crippen LogP contribution in [0, 0.1) is 6.92 Å². The molecule has 3 aromatic rings. The number of anilines is 1. The van der Waals surface area contributed by atoms with Gasteiger partial charge in [-0.1, -0.05) is 12.1 Å². The van der Waals surface area contributed by atoms with Gasteiger partial charge in [-0.2, -0.15) is 0 Å². The first-order chi connectivity index (χ1) is 13.0. The minimum absolute atomic E-state index is 0.0708. The largest absolute Gasteiger partial charge is 0.482 e. The van der Waals surface area contributed by atoms with E-state index in [1.807, 2.05) is 19.1 Å². The molecule has 0 fully saturated rings. The lowest BCUT2D eigenvalue weighted by Crippen LogP contribution is -2.25. The zero-order valence-electron chi connectivity index (χ0n) is 14.4. The van der Waals surface area contributed by atoms with E-state index in [1.54, 1.807) is 12.1 Å². The molecule has 0 radical (unpaired) electrons. The van der Waals surface area contributed by atoms with Crippen LogP contribution >= 0.6 is 0 Å². The number of rotatable bonds is 3. The molecular formula is C20H15NO6. The van der Waals surface area contributed by atoms with Crippen LogP contribution in [0.2, 0.25) is 0 Å². The van der Waals surface area contributed by atoms with Gasteiger partial charge in [0.05, 0.1) is 11.3 Å². The quantitative estimate of drug-likeness (QED) is 0.566. The summed E-state index contributed by atoms with van der Waals surface area (Å²) in [6, 6.07) is 11.4. The predicted molar refractivity (Wildman–Crippen MR) is 96.9 cm³/mol. The van der Waals surface area contributed by atoms with E-state index >= 15 is 0 Å². The second kappa shape index (κ2) is 6.60. The maximum atomic E-state index is 12.4. The molecule has 7 heteroatoms. The first kappa shape index (κ1) is 16.8. The van der Waals surface area contributed by atoms with Gasteiger partial charge in [0.25, 0.3) is 5.91 Å². The molecule has 7 nitrogen and oxygen atoms in total. The molecule has 1 aromatic heterocycles. The fourth-order valence-corrected chi connectivity index (χ4v) is 2.88. The molecule has 0 spiro atoms. The fourth-order valence-electron chi connectivity index (χ4n) is 2.88. The summed E-state index contributed by atoms with van der Waals surface area (Å²) in [4.78, 5) is 35.4. The Kier molecular flexibility index (Phi) is 4.12. The maximum Gasteiger partial charge on any atom is 0.338 e. The van der Waals surface area contributed by atoms with Gasteiger partial charge < -0.3 is 19.2 Å². The number of amides is 1. The molecule has 0 atom stereocenters. The van der Waals surface area contributed by atoms with Gasteiger partial charge in [-0.15, -0.1) is 0 Å². The molecule has 4 rings (SSSR count). The molecule has 0 saturated heterocycles. The molecule has 1 aliphatic heterocycles. The van der Waals surface area contributed by atoms with Crippen molar-refractivity contribution in [2.24, 2.45) is 0 Å². The summed E-state index contributed by atoms with van der Waals surface area (Å²) < 4.78 is 15.9. The van der Waals surface area contributed by atoms with Crippen LogP contribution in [0.5, 0.6) is 5.75 Å². The predicted octanol–water partition coefficient (Wildman–Crippen LogP) is 2.79. The van der Waals surface area contributed by atoms with E-state index in [2.05, 4.69) is 5.32 Å². The number of esters is 1. The lowest BCUT2D eigenvalue weighted by molar-refractivity contribution is -0.118. The van der Waals surface area contributed by atoms with Gasteiger partial charge in [-0.3, -0.25) is 4.79 Å². The van der Waals surface area contributed by atoms with Crippen molar-refractivity contribution in [3.05, 3.63) is 69.6 Å². The van der Waals surface area contributed by atoms with E-state index in [0.29, 0.717) is 28.0 Å². The average Bonchev–Trinajstić information content (AvgIpc) is 2.64. The van der Waals surface area contributed by atoms with Gasteiger partial charge in [-0.25, -0.2) is 9.59 Å². The average molecular weight is 365 g/mol. The standard InChI is InChI=1S/C20H15NO6/c1-11-2-4-14-13(8-19(23)27-16(14)6-11)9-26-20(24)12-3-5-15-17(7-12)25-10-18(22)21-15/h2-8H,9-10H2,1H3,(H,21,22). The first-order valence-corrected chi connectivity index (χ1v) is 8.27. The number of carbonyl (C=O) groups excluding carboxylic acids is 2. The van der Waals surface area contributed by atoms with Crippen molar-refractivity contribution < 1.29 is 23.5 Å². The van der Waals surface area contributed by atoms with Crippen LogP contribution in [-0.4, -0.2) is 18.5 Å². The number of aryl methyl sites for hydroxylation is 1. The summed E-state index contributed by atoms with van der Waals surface area (Å²) in [7, 11) is 0. The van der Waals surface area contributed by atoms with Gasteiger partial charge in [0.2, 0.25) is 0 Å². The Morgan fingerprint density at radius 1 is 1.15 bits per heavy atom. The summed E-state index contributed by atoms with van der Waals surface area (Å²) in [5, 5.41) is 3.37. The van der Waals surface area contributed by atoms with Crippen LogP contribution in [0.3, 0.4) is 0 Å². The van der Waals surface area contributed by atoms with Crippen LogP contribution in [-0.2, 0) is 16.1 Å². The SMILES string of the molecule is Cc1ccc2c(COC(=O)c3ccc4c(c3)OCC(=O)N4)cc(=O)oc2c1. The molecule has 1 amide bonds. The van der Waals surface area contributed by atoms with Gasteiger partial charge >= 0.3 is 11.6 Å². The Morgan fingerprint density at radius 3 is 2.85 bits per heavy atom. The lowest BCUT2D eigenvalue weighted by Gasteiger charge is -2.18. The Morgan fingerprint density at radius 2 is 2.00 bits per heavy atom. The van der Waals surface area contributed by atoms with Gasteiger partial charge in [-0.05, 0) is 36.8 Å². The van der Waals surface area contributed by atoms with Crippen LogP contribution in [0.1, 0.15) is 21.5 Å². The van der Waals surface area contributed by atoms with E-state index in [1.165, 1.54) is 18.2 Å². The van der Waals surface area contributed by atoms with Crippen molar-refractivity contribution in [1.82, 2.24) is 0 Å². The number of ether oxygens (including phenoxy) is 2. The number of fused-ring (bicyclic) bond motifs is 2. The molecular weight excluding hydrogens is 350 g/mol. The van der Waals surface area contributed by atoms with Gasteiger partial charge in [0.15, 0.2) is 6.61 Å². The molecule has 2 aromatic carbocycles. The van der Waals surface area contributed by atoms with E-state index in [0.717, 1.165) is 5.56 Å². The smallest absolute Gasteiger partial charge is 0.338 e. The number of carbonyl (C=O) groups is 2. The maximum absolute atomic E-state index is 12.4. The molecule has 1 aliphatic rings. The highest BCUT2D eigenvalue weighted by atomic mass is 16.5. The van der Waals surface area contributed by atoms with Crippen molar-refractivity contribution in [2.45, 2.75) is 13.5 Å². The monoisotopic (exact) mass is 365 g/mol. The normalized spacial score (nSPS) is 12.9. The number of benzene rings is 2. The molecule has 0 aliphatic carbocycles. The minimum atomic E-state index is -0.563. The van der Waals surface area contributed by atoms with E-state index in [4.69, 9.17) is 13.9 Å². The van der Waals surface area contributed by atoms with Crippen LogP contribution in [0.25, 0.3) is 11.0 Å². The zero-order valence-corrected chi connectivity index (χ0v) is 14.4. The van der Waals surface area contributed by atoms with Crippen molar-refractivity contribution in [3.63, 3.8) is 0 Å². The fraction of sp³-hybridized carbons (Fsp3) is 0.150. The number of nitrogens with one attached hydrogen (secondary N) is 1. The summed E-state index contributed by atoms with van der Waals surface area (Å²) in [6.45, 7) is 1.72. The van der Waals surface area contributed by atoms with Crippen molar-refractivity contribution in [2.75, 3.05) is 11.9 Å². The molecule has 2 heterocycles. The number of hydrogen-bond acceptors (Lipinski definition) is 6. The highest BCUT2D eigenvalue weighted by molar-refractivity contribution is 5.97. The highest BCUT2D eigenvalue weighted by Gasteiger charge is 2.18. The minimum Gasteiger partial charge on any atom is -0.482 e. The molecule has 0 bridgehead atoms. The molecule has 136 valence electrons. The zero-order chi connectivity index (χ0) is 19.0. The molecule has 27 heavy (non-hydrogen) atoms. The van der Waals surface area contributed by atoms with Crippen molar-refractivity contribution in [3.8, 4) is 5.75 Å². The van der Waals surface area contributed by atoms with Crippen molar-refractivity contribution in [1.29, 1.82) is 0 Å². The summed E-state index contributed by atoms with van der Waals surface area (Å²) >= 11 is 0. The highest BCUT2D eigenvalue weighted by Crippen LogP contribution is 2.29. The van der Waals surface area contributed by atoms with E-state index in [9.17, 15) is 14.4 Å². The van der Waals surface area contributed by atoms with E-state index in [-0.39, 0.29) is 24.7 Å².